The van der Waals surface area contributed by atoms with E-state index in [9.17, 15) is 9.18 Å². The molecule has 1 N–H and O–H groups in total. The van der Waals surface area contributed by atoms with Crippen LogP contribution in [0.2, 0.25) is 5.02 Å². The van der Waals surface area contributed by atoms with Gasteiger partial charge in [0.1, 0.15) is 5.82 Å². The van der Waals surface area contributed by atoms with Crippen LogP contribution in [-0.4, -0.2) is 21.9 Å². The highest BCUT2D eigenvalue weighted by atomic mass is 35.5. The largest absolute Gasteiger partial charge is 0.411 e. The number of aryl methyl sites for hydroxylation is 1. The summed E-state index contributed by atoms with van der Waals surface area (Å²) in [6, 6.07) is 11.6. The lowest BCUT2D eigenvalue weighted by Gasteiger charge is -2.05. The highest BCUT2D eigenvalue weighted by Crippen LogP contribution is 2.25. The second-order valence-electron chi connectivity index (χ2n) is 5.18. The van der Waals surface area contributed by atoms with Gasteiger partial charge in [0.25, 0.3) is 5.22 Å². The number of hydrogen-bond donors (Lipinski definition) is 1. The van der Waals surface area contributed by atoms with Crippen molar-refractivity contribution in [2.24, 2.45) is 0 Å². The molecule has 25 heavy (non-hydrogen) atoms. The van der Waals surface area contributed by atoms with Crippen molar-refractivity contribution in [3.05, 3.63) is 58.9 Å². The molecule has 3 rings (SSSR count). The van der Waals surface area contributed by atoms with Crippen molar-refractivity contribution >= 4 is 35.0 Å². The second kappa shape index (κ2) is 7.67. The molecule has 0 aliphatic rings. The Balaban J connectivity index is 1.58. The molecular formula is C17H13ClFN3O2S. The summed E-state index contributed by atoms with van der Waals surface area (Å²) in [5.74, 6) is -0.276. The minimum atomic E-state index is -0.367. The average molecular weight is 378 g/mol. The molecule has 0 saturated heterocycles. The van der Waals surface area contributed by atoms with E-state index in [2.05, 4.69) is 15.5 Å². The fraction of sp³-hybridized carbons (Fsp3) is 0.118. The number of carbonyl (C=O) groups is 1. The van der Waals surface area contributed by atoms with Crippen molar-refractivity contribution in [2.75, 3.05) is 11.1 Å². The summed E-state index contributed by atoms with van der Waals surface area (Å²) < 4.78 is 19.0. The monoisotopic (exact) mass is 377 g/mol. The number of carbonyl (C=O) groups excluding carboxylic acids is 1. The molecule has 0 atom stereocenters. The number of aromatic nitrogens is 2. The minimum absolute atomic E-state index is 0.0622. The van der Waals surface area contributed by atoms with Crippen molar-refractivity contribution in [2.45, 2.75) is 12.1 Å². The van der Waals surface area contributed by atoms with Crippen LogP contribution in [0.15, 0.2) is 52.1 Å². The van der Waals surface area contributed by atoms with Gasteiger partial charge in [-0.2, -0.15) is 0 Å². The van der Waals surface area contributed by atoms with Crippen LogP contribution >= 0.6 is 23.4 Å². The van der Waals surface area contributed by atoms with Gasteiger partial charge < -0.3 is 9.73 Å². The van der Waals surface area contributed by atoms with Gasteiger partial charge in [-0.25, -0.2) is 4.39 Å². The van der Waals surface area contributed by atoms with E-state index in [1.165, 1.54) is 6.07 Å². The van der Waals surface area contributed by atoms with E-state index in [0.717, 1.165) is 11.8 Å². The van der Waals surface area contributed by atoms with E-state index < -0.39 is 0 Å². The molecule has 5 nitrogen and oxygen atoms in total. The Morgan fingerprint density at radius 3 is 2.88 bits per heavy atom. The van der Waals surface area contributed by atoms with Gasteiger partial charge in [0.05, 0.1) is 5.75 Å². The third-order valence-corrected chi connectivity index (χ3v) is 4.31. The Hall–Kier alpha value is -2.38. The Kier molecular flexibility index (Phi) is 5.35. The van der Waals surface area contributed by atoms with Crippen molar-refractivity contribution < 1.29 is 13.6 Å². The number of rotatable bonds is 5. The molecule has 8 heteroatoms. The van der Waals surface area contributed by atoms with Crippen LogP contribution in [-0.2, 0) is 4.79 Å². The van der Waals surface area contributed by atoms with Gasteiger partial charge in [0, 0.05) is 16.3 Å². The van der Waals surface area contributed by atoms with E-state index in [4.69, 9.17) is 16.0 Å². The molecular weight excluding hydrogens is 365 g/mol. The Labute approximate surface area is 152 Å². The highest BCUT2D eigenvalue weighted by molar-refractivity contribution is 7.99. The maximum absolute atomic E-state index is 13.5. The molecule has 128 valence electrons. The van der Waals surface area contributed by atoms with Crippen molar-refractivity contribution in [3.63, 3.8) is 0 Å². The smallest absolute Gasteiger partial charge is 0.277 e. The summed E-state index contributed by atoms with van der Waals surface area (Å²) in [5.41, 5.74) is 1.62. The van der Waals surface area contributed by atoms with E-state index in [0.29, 0.717) is 27.7 Å². The summed E-state index contributed by atoms with van der Waals surface area (Å²) in [7, 11) is 0. The van der Waals surface area contributed by atoms with Gasteiger partial charge >= 0.3 is 0 Å². The first-order valence-electron chi connectivity index (χ1n) is 7.29. The predicted molar refractivity (Wildman–Crippen MR) is 95.2 cm³/mol. The lowest BCUT2D eigenvalue weighted by molar-refractivity contribution is -0.113. The summed E-state index contributed by atoms with van der Waals surface area (Å²) in [6.07, 6.45) is 0. The van der Waals surface area contributed by atoms with Crippen LogP contribution in [0.3, 0.4) is 0 Å². The molecule has 0 radical (unpaired) electrons. The van der Waals surface area contributed by atoms with Crippen molar-refractivity contribution in [3.8, 4) is 11.5 Å². The van der Waals surface area contributed by atoms with Crippen LogP contribution in [0.25, 0.3) is 11.5 Å². The van der Waals surface area contributed by atoms with Crippen molar-refractivity contribution in [1.82, 2.24) is 10.2 Å². The zero-order valence-electron chi connectivity index (χ0n) is 13.1. The first-order chi connectivity index (χ1) is 12.0. The van der Waals surface area contributed by atoms with E-state index >= 15 is 0 Å². The third-order valence-electron chi connectivity index (χ3n) is 3.26. The molecule has 0 fully saturated rings. The number of benzene rings is 2. The molecule has 0 aliphatic heterocycles. The lowest BCUT2D eigenvalue weighted by atomic mass is 10.2. The summed E-state index contributed by atoms with van der Waals surface area (Å²) in [5, 5.41) is 11.3. The molecule has 1 aromatic heterocycles. The number of hydrogen-bond acceptors (Lipinski definition) is 5. The van der Waals surface area contributed by atoms with Gasteiger partial charge in [0.2, 0.25) is 11.8 Å². The minimum Gasteiger partial charge on any atom is -0.411 e. The van der Waals surface area contributed by atoms with E-state index in [1.807, 2.05) is 0 Å². The average Bonchev–Trinajstić information content (AvgIpc) is 3.05. The van der Waals surface area contributed by atoms with E-state index in [1.54, 1.807) is 43.3 Å². The maximum Gasteiger partial charge on any atom is 0.277 e. The zero-order chi connectivity index (χ0) is 17.8. The number of nitrogens with one attached hydrogen (secondary N) is 1. The van der Waals surface area contributed by atoms with Crippen LogP contribution in [0.4, 0.5) is 10.1 Å². The van der Waals surface area contributed by atoms with Gasteiger partial charge in [-0.05, 0) is 42.8 Å². The summed E-state index contributed by atoms with van der Waals surface area (Å²) in [6.45, 7) is 1.66. The Morgan fingerprint density at radius 1 is 1.28 bits per heavy atom. The van der Waals surface area contributed by atoms with Crippen LogP contribution in [0, 0.1) is 12.7 Å². The molecule has 0 spiro atoms. The molecule has 0 saturated carbocycles. The first kappa shape index (κ1) is 17.4. The normalized spacial score (nSPS) is 10.7. The topological polar surface area (TPSA) is 68.0 Å². The molecule has 2 aromatic carbocycles. The number of anilines is 1. The van der Waals surface area contributed by atoms with Crippen LogP contribution in [0.5, 0.6) is 0 Å². The number of thioether (sulfide) groups is 1. The Bertz CT molecular complexity index is 916. The van der Waals surface area contributed by atoms with Gasteiger partial charge in [0.15, 0.2) is 0 Å². The summed E-state index contributed by atoms with van der Waals surface area (Å²) >= 11 is 7.02. The molecule has 0 bridgehead atoms. The molecule has 3 aromatic rings. The fourth-order valence-electron chi connectivity index (χ4n) is 2.00. The number of halogens is 2. The number of nitrogens with zero attached hydrogens (tertiary/aromatic N) is 2. The first-order valence-corrected chi connectivity index (χ1v) is 8.66. The fourth-order valence-corrected chi connectivity index (χ4v) is 2.75. The third kappa shape index (κ3) is 4.58. The molecule has 1 amide bonds. The quantitative estimate of drug-likeness (QED) is 0.660. The zero-order valence-corrected chi connectivity index (χ0v) is 14.7. The molecule has 0 unspecified atom stereocenters. The standard InChI is InChI=1S/C17H13ClFN3O2S/c1-10-5-6-13(8-14(10)19)20-15(23)9-25-17-22-21-16(24-17)11-3-2-4-12(18)7-11/h2-8H,9H2,1H3,(H,20,23). The van der Waals surface area contributed by atoms with E-state index in [-0.39, 0.29) is 22.7 Å². The highest BCUT2D eigenvalue weighted by Gasteiger charge is 2.12. The van der Waals surface area contributed by atoms with Crippen LogP contribution < -0.4 is 5.32 Å². The molecule has 1 heterocycles. The van der Waals surface area contributed by atoms with Crippen molar-refractivity contribution in [1.29, 1.82) is 0 Å². The maximum atomic E-state index is 13.5. The van der Waals surface area contributed by atoms with Gasteiger partial charge in [-0.15, -0.1) is 10.2 Å². The van der Waals surface area contributed by atoms with Crippen LogP contribution in [0.1, 0.15) is 5.56 Å². The Morgan fingerprint density at radius 2 is 2.12 bits per heavy atom. The van der Waals surface area contributed by atoms with Gasteiger partial charge in [-0.1, -0.05) is 35.5 Å². The van der Waals surface area contributed by atoms with Gasteiger partial charge in [-0.3, -0.25) is 4.79 Å². The lowest BCUT2D eigenvalue weighted by Crippen LogP contribution is -2.14. The molecule has 0 aliphatic carbocycles. The summed E-state index contributed by atoms with van der Waals surface area (Å²) in [4.78, 5) is 11.9. The predicted octanol–water partition coefficient (Wildman–Crippen LogP) is 4.57. The SMILES string of the molecule is Cc1ccc(NC(=O)CSc2nnc(-c3cccc(Cl)c3)o2)cc1F. The number of amides is 1. The second-order valence-corrected chi connectivity index (χ2v) is 6.55.